The van der Waals surface area contributed by atoms with Crippen LogP contribution in [0.2, 0.25) is 0 Å². The molecule has 0 aromatic carbocycles. The molecule has 0 rings (SSSR count). The van der Waals surface area contributed by atoms with E-state index < -0.39 is 43.2 Å². The van der Waals surface area contributed by atoms with Crippen LogP contribution >= 0.6 is 41.2 Å². The number of hydrogen-bond donors (Lipinski definition) is 0. The summed E-state index contributed by atoms with van der Waals surface area (Å²) in [4.78, 5) is 0. The molecule has 0 saturated heterocycles. The largest absolute Gasteiger partial charge is 0.523 e. The van der Waals surface area contributed by atoms with Crippen molar-refractivity contribution in [2.24, 2.45) is 0 Å². The van der Waals surface area contributed by atoms with Crippen LogP contribution in [0.1, 0.15) is 110 Å². The molecule has 0 saturated carbocycles. The van der Waals surface area contributed by atoms with Crippen molar-refractivity contribution in [2.45, 2.75) is 118 Å². The molecule has 0 fully saturated rings. The summed E-state index contributed by atoms with van der Waals surface area (Å²) >= 11 is 0. The van der Waals surface area contributed by atoms with Gasteiger partial charge in [0.25, 0.3) is 0 Å². The lowest BCUT2D eigenvalue weighted by atomic mass is 10.6. The van der Waals surface area contributed by atoms with Crippen LogP contribution in [0.5, 0.6) is 0 Å². The Labute approximate surface area is 324 Å². The Morgan fingerprint density at radius 2 is 0.420 bits per heavy atom. The second-order valence-electron chi connectivity index (χ2n) is 10.1. The van der Waals surface area contributed by atoms with Gasteiger partial charge in [0.15, 0.2) is 7.99 Å². The third-order valence-electron chi connectivity index (χ3n) is 7.37. The molecule has 0 aliphatic carbocycles. The minimum absolute atomic E-state index is 0.394. The molecule has 20 heteroatoms. The highest BCUT2D eigenvalue weighted by atomic mass is 33.7. The molecule has 0 aromatic heterocycles. The van der Waals surface area contributed by atoms with E-state index in [9.17, 15) is 0 Å². The van der Waals surface area contributed by atoms with Crippen molar-refractivity contribution in [1.29, 1.82) is 0 Å². The Morgan fingerprint density at radius 3 is 0.520 bits per heavy atom. The molecule has 0 bridgehead atoms. The van der Waals surface area contributed by atoms with Gasteiger partial charge >= 0.3 is 35.2 Å². The van der Waals surface area contributed by atoms with E-state index in [1.807, 2.05) is 83.1 Å². The van der Waals surface area contributed by atoms with Crippen LogP contribution in [-0.2, 0) is 53.1 Å². The Bertz CT molecular complexity index is 676. The SMILES string of the molecule is CCO[Si](OCC)(OCC)C(CC)(SSSSC(CC)([Si](OCC)(OCC)OCC)[Si](OCC)(OCC)OCC)[Si](OCC)(OCC)OCC. The number of rotatable bonds is 35. The maximum absolute atomic E-state index is 6.66. The zero-order valence-corrected chi connectivity index (χ0v) is 40.7. The molecule has 0 unspecified atom stereocenters. The van der Waals surface area contributed by atoms with Gasteiger partial charge in [-0.2, -0.15) is 0 Å². The third kappa shape index (κ3) is 11.7. The fourth-order valence-corrected chi connectivity index (χ4v) is 38.9. The van der Waals surface area contributed by atoms with Crippen LogP contribution in [0.3, 0.4) is 0 Å². The zero-order chi connectivity index (χ0) is 38.2. The Hall–Kier alpha value is 1.79. The zero-order valence-electron chi connectivity index (χ0n) is 33.4. The highest BCUT2D eigenvalue weighted by molar-refractivity contribution is 9.26. The van der Waals surface area contributed by atoms with E-state index in [-0.39, 0.29) is 0 Å². The lowest BCUT2D eigenvalue weighted by molar-refractivity contribution is 0.0266. The summed E-state index contributed by atoms with van der Waals surface area (Å²) < 4.78 is 78.1. The second-order valence-corrected chi connectivity index (χ2v) is 30.1. The van der Waals surface area contributed by atoms with Crippen molar-refractivity contribution in [1.82, 2.24) is 0 Å². The van der Waals surface area contributed by atoms with Crippen molar-refractivity contribution in [3.8, 4) is 0 Å². The Balaban J connectivity index is 7.72. The molecule has 12 nitrogen and oxygen atoms in total. The average molecular weight is 863 g/mol. The molecule has 0 aliphatic rings. The van der Waals surface area contributed by atoms with E-state index in [1.54, 1.807) is 41.2 Å². The fraction of sp³-hybridized carbons (Fsp3) is 1.00. The van der Waals surface area contributed by atoms with Gasteiger partial charge in [-0.3, -0.25) is 0 Å². The van der Waals surface area contributed by atoms with Crippen LogP contribution in [-0.4, -0.2) is 122 Å². The molecule has 0 aliphatic heterocycles. The smallest absolute Gasteiger partial charge is 0.373 e. The lowest BCUT2D eigenvalue weighted by Gasteiger charge is -2.51. The first-order valence-corrected chi connectivity index (χ1v) is 30.1. The number of hydrogen-bond acceptors (Lipinski definition) is 16. The van der Waals surface area contributed by atoms with Crippen molar-refractivity contribution >= 4 is 76.5 Å². The minimum Gasteiger partial charge on any atom is -0.373 e. The molecular weight excluding hydrogens is 793 g/mol. The first-order valence-electron chi connectivity index (χ1n) is 18.4. The van der Waals surface area contributed by atoms with Gasteiger partial charge in [0.2, 0.25) is 0 Å². The molecule has 0 radical (unpaired) electrons. The quantitative estimate of drug-likeness (QED) is 0.0346. The van der Waals surface area contributed by atoms with Gasteiger partial charge in [-0.15, -0.1) is 0 Å². The van der Waals surface area contributed by atoms with Gasteiger partial charge in [-0.25, -0.2) is 0 Å². The molecule has 0 heterocycles. The fourth-order valence-electron chi connectivity index (χ4n) is 5.89. The van der Waals surface area contributed by atoms with E-state index in [0.29, 0.717) is 92.1 Å². The highest BCUT2D eigenvalue weighted by Crippen LogP contribution is 2.62. The van der Waals surface area contributed by atoms with Crippen molar-refractivity contribution in [3.05, 3.63) is 0 Å². The molecule has 0 N–H and O–H groups in total. The topological polar surface area (TPSA) is 111 Å². The summed E-state index contributed by atoms with van der Waals surface area (Å²) in [5.74, 6) is 0. The highest BCUT2D eigenvalue weighted by Gasteiger charge is 2.79. The normalized spacial score (nSPS) is 13.8. The predicted molar refractivity (Wildman–Crippen MR) is 219 cm³/mol. The molecule has 0 spiro atoms. The standard InChI is InChI=1S/C30H70O12S4Si4/c1-15-29(47(31-17-3,32-18-4)33-19-5,48(34-20-6,35-21-7)36-22-8)43-45-46-44-30(16-2,49(37-23-9,38-24-10)39-25-11)50(40-26-12,41-27-13)42-28-14/h15-28H2,1-14H3. The van der Waals surface area contributed by atoms with Crippen LogP contribution < -0.4 is 0 Å². The molecular formula is C30H70O12S4Si4. The Morgan fingerprint density at radius 1 is 0.280 bits per heavy atom. The van der Waals surface area contributed by atoms with Gasteiger partial charge in [0.05, 0.1) is 0 Å². The van der Waals surface area contributed by atoms with E-state index in [4.69, 9.17) is 53.1 Å². The molecule has 0 aromatic rings. The summed E-state index contributed by atoms with van der Waals surface area (Å²) in [6.07, 6.45) is 1.11. The summed E-state index contributed by atoms with van der Waals surface area (Å²) in [7, 11) is -8.07. The third-order valence-corrected chi connectivity index (χ3v) is 37.3. The first-order chi connectivity index (χ1) is 24.1. The van der Waals surface area contributed by atoms with Crippen LogP contribution in [0.25, 0.3) is 0 Å². The first kappa shape index (κ1) is 51.8. The van der Waals surface area contributed by atoms with Gasteiger partial charge in [-0.05, 0) is 116 Å². The van der Waals surface area contributed by atoms with E-state index >= 15 is 0 Å². The van der Waals surface area contributed by atoms with Crippen molar-refractivity contribution < 1.29 is 53.1 Å². The van der Waals surface area contributed by atoms with E-state index in [1.165, 1.54) is 0 Å². The van der Waals surface area contributed by atoms with Gasteiger partial charge in [-0.1, -0.05) is 35.4 Å². The summed E-state index contributed by atoms with van der Waals surface area (Å²) in [5.41, 5.74) is 0. The monoisotopic (exact) mass is 862 g/mol. The maximum Gasteiger partial charge on any atom is 0.523 e. The molecule has 50 heavy (non-hydrogen) atoms. The maximum atomic E-state index is 6.66. The van der Waals surface area contributed by atoms with Crippen LogP contribution in [0.15, 0.2) is 0 Å². The van der Waals surface area contributed by atoms with E-state index in [0.717, 1.165) is 0 Å². The second kappa shape index (κ2) is 27.4. The Kier molecular flexibility index (Phi) is 28.4. The van der Waals surface area contributed by atoms with Crippen molar-refractivity contribution in [3.63, 3.8) is 0 Å². The van der Waals surface area contributed by atoms with Gasteiger partial charge < -0.3 is 53.1 Å². The molecule has 0 atom stereocenters. The summed E-state index contributed by atoms with van der Waals surface area (Å²) in [6, 6.07) is 0. The molecule has 302 valence electrons. The predicted octanol–water partition coefficient (Wildman–Crippen LogP) is 8.31. The summed E-state index contributed by atoms with van der Waals surface area (Å²) in [5, 5.41) is 0. The van der Waals surface area contributed by atoms with Gasteiger partial charge in [0.1, 0.15) is 0 Å². The minimum atomic E-state index is -3.60. The van der Waals surface area contributed by atoms with Crippen LogP contribution in [0, 0.1) is 0 Å². The summed E-state index contributed by atoms with van der Waals surface area (Å²) in [6.45, 7) is 32.5. The van der Waals surface area contributed by atoms with E-state index in [2.05, 4.69) is 13.8 Å². The molecule has 0 amide bonds. The lowest BCUT2D eigenvalue weighted by Crippen LogP contribution is -2.78. The van der Waals surface area contributed by atoms with Gasteiger partial charge in [0, 0.05) is 79.3 Å². The van der Waals surface area contributed by atoms with Crippen LogP contribution in [0.4, 0.5) is 0 Å². The average Bonchev–Trinajstić information content (AvgIpc) is 3.08. The van der Waals surface area contributed by atoms with Crippen molar-refractivity contribution in [2.75, 3.05) is 79.3 Å².